The van der Waals surface area contributed by atoms with Crippen LogP contribution in [0.1, 0.15) is 52.4 Å². The van der Waals surface area contributed by atoms with Crippen LogP contribution in [0.15, 0.2) is 11.1 Å². The second-order valence-corrected chi connectivity index (χ2v) is 10.8. The Morgan fingerprint density at radius 1 is 1.21 bits per heavy atom. The summed E-state index contributed by atoms with van der Waals surface area (Å²) in [5.74, 6) is -1.66. The van der Waals surface area contributed by atoms with E-state index in [9.17, 15) is 24.3 Å². The number of esters is 2. The number of Topliss-reactive ketones (excluding diaryl/α,β-unsaturated/α-hetero) is 1. The first-order valence-electron chi connectivity index (χ1n) is 12.1. The number of allylic oxidation sites excluding steroid dienone is 1. The molecule has 33 heavy (non-hydrogen) atoms. The van der Waals surface area contributed by atoms with Crippen LogP contribution in [0.3, 0.4) is 0 Å². The summed E-state index contributed by atoms with van der Waals surface area (Å²) in [7, 11) is 1.36. The first-order chi connectivity index (χ1) is 15.7. The number of methoxy groups -OCH3 is 1. The van der Waals surface area contributed by atoms with Gasteiger partial charge in [0.2, 0.25) is 5.91 Å². The summed E-state index contributed by atoms with van der Waals surface area (Å²) in [4.78, 5) is 54.3. The van der Waals surface area contributed by atoms with Gasteiger partial charge >= 0.3 is 11.9 Å². The zero-order valence-corrected chi connectivity index (χ0v) is 19.6. The zero-order valence-electron chi connectivity index (χ0n) is 19.6. The summed E-state index contributed by atoms with van der Waals surface area (Å²) in [5.41, 5.74) is -0.296. The highest BCUT2D eigenvalue weighted by Crippen LogP contribution is 2.72. The van der Waals surface area contributed by atoms with Crippen molar-refractivity contribution in [3.63, 3.8) is 0 Å². The van der Waals surface area contributed by atoms with E-state index in [0.29, 0.717) is 45.2 Å². The standard InChI is InChI=1S/C25H33NO7/c1-13-10-26-11-15-8-17-20(29)5-4-16-18(22(30)32-3)9-25(21(16)17,23(26)31)24(15,7-6-19(13)28)12-33-14(2)27/h13,15-16,18-19,28H,4-12H2,1-3H3. The second kappa shape index (κ2) is 7.65. The van der Waals surface area contributed by atoms with Crippen molar-refractivity contribution < 1.29 is 33.8 Å². The summed E-state index contributed by atoms with van der Waals surface area (Å²) in [5, 5.41) is 10.8. The van der Waals surface area contributed by atoms with Crippen LogP contribution in [-0.4, -0.2) is 66.5 Å². The maximum Gasteiger partial charge on any atom is 0.309 e. The minimum Gasteiger partial charge on any atom is -0.469 e. The summed E-state index contributed by atoms with van der Waals surface area (Å²) >= 11 is 0. The van der Waals surface area contributed by atoms with E-state index in [-0.39, 0.29) is 48.4 Å². The van der Waals surface area contributed by atoms with Crippen LogP contribution in [0.2, 0.25) is 0 Å². The predicted molar refractivity (Wildman–Crippen MR) is 115 cm³/mol. The third-order valence-electron chi connectivity index (χ3n) is 9.45. The van der Waals surface area contributed by atoms with Crippen molar-refractivity contribution in [3.05, 3.63) is 11.1 Å². The van der Waals surface area contributed by atoms with Gasteiger partial charge in [-0.1, -0.05) is 6.92 Å². The number of aliphatic hydroxyl groups excluding tert-OH is 1. The Balaban J connectivity index is 1.77. The average molecular weight is 460 g/mol. The molecule has 4 fully saturated rings. The highest BCUT2D eigenvalue weighted by atomic mass is 16.5. The number of aliphatic hydroxyl groups is 1. The molecule has 3 aliphatic heterocycles. The number of carbonyl (C=O) groups excluding carboxylic acids is 4. The molecule has 6 aliphatic rings. The van der Waals surface area contributed by atoms with E-state index in [1.54, 1.807) is 0 Å². The topological polar surface area (TPSA) is 110 Å². The third kappa shape index (κ3) is 2.92. The van der Waals surface area contributed by atoms with E-state index in [4.69, 9.17) is 9.47 Å². The lowest BCUT2D eigenvalue weighted by Crippen LogP contribution is -2.67. The number of nitrogens with zero attached hydrogens (tertiary/aromatic N) is 1. The van der Waals surface area contributed by atoms with Gasteiger partial charge in [-0.3, -0.25) is 19.2 Å². The summed E-state index contributed by atoms with van der Waals surface area (Å²) < 4.78 is 10.8. The molecule has 0 aromatic carbocycles. The lowest BCUT2D eigenvalue weighted by atomic mass is 9.45. The van der Waals surface area contributed by atoms with Crippen LogP contribution in [0.25, 0.3) is 0 Å². The number of piperidine rings is 1. The van der Waals surface area contributed by atoms with Crippen LogP contribution >= 0.6 is 0 Å². The van der Waals surface area contributed by atoms with E-state index < -0.39 is 28.8 Å². The van der Waals surface area contributed by atoms with Crippen LogP contribution < -0.4 is 0 Å². The van der Waals surface area contributed by atoms with Gasteiger partial charge in [0.1, 0.15) is 0 Å². The van der Waals surface area contributed by atoms with Gasteiger partial charge in [0.05, 0.1) is 31.2 Å². The normalized spacial score (nSPS) is 41.8. The quantitative estimate of drug-likeness (QED) is 0.639. The lowest BCUT2D eigenvalue weighted by molar-refractivity contribution is -0.181. The monoisotopic (exact) mass is 459 g/mol. The van der Waals surface area contributed by atoms with E-state index in [2.05, 4.69) is 0 Å². The summed E-state index contributed by atoms with van der Waals surface area (Å²) in [6, 6.07) is 0. The highest BCUT2D eigenvalue weighted by Gasteiger charge is 2.74. The largest absolute Gasteiger partial charge is 0.469 e. The molecule has 4 bridgehead atoms. The molecule has 3 saturated heterocycles. The molecule has 1 N–H and O–H groups in total. The van der Waals surface area contributed by atoms with Crippen molar-refractivity contribution in [2.24, 2.45) is 34.5 Å². The predicted octanol–water partition coefficient (Wildman–Crippen LogP) is 1.64. The van der Waals surface area contributed by atoms with Gasteiger partial charge in [-0.05, 0) is 61.0 Å². The molecular weight excluding hydrogens is 426 g/mol. The van der Waals surface area contributed by atoms with Crippen LogP contribution in [0, 0.1) is 34.5 Å². The van der Waals surface area contributed by atoms with E-state index >= 15 is 0 Å². The number of rotatable bonds is 3. The Labute approximate surface area is 193 Å². The van der Waals surface area contributed by atoms with Crippen LogP contribution in [0.5, 0.6) is 0 Å². The first-order valence-corrected chi connectivity index (χ1v) is 12.1. The van der Waals surface area contributed by atoms with Gasteiger partial charge in [-0.25, -0.2) is 0 Å². The van der Waals surface area contributed by atoms with Crippen molar-refractivity contribution in [1.29, 1.82) is 0 Å². The smallest absolute Gasteiger partial charge is 0.309 e. The Kier molecular flexibility index (Phi) is 5.23. The molecule has 3 aliphatic carbocycles. The molecule has 8 nitrogen and oxygen atoms in total. The Morgan fingerprint density at radius 2 is 1.97 bits per heavy atom. The number of ketones is 1. The number of carbonyl (C=O) groups is 4. The number of ether oxygens (including phenoxy) is 2. The summed E-state index contributed by atoms with van der Waals surface area (Å²) in [6.45, 7) is 4.27. The zero-order chi connectivity index (χ0) is 23.7. The molecule has 7 atom stereocenters. The highest BCUT2D eigenvalue weighted by molar-refractivity contribution is 6.02. The maximum atomic E-state index is 14.4. The molecule has 1 saturated carbocycles. The third-order valence-corrected chi connectivity index (χ3v) is 9.45. The van der Waals surface area contributed by atoms with Crippen molar-refractivity contribution in [2.75, 3.05) is 26.8 Å². The minimum atomic E-state index is -1.08. The fraction of sp³-hybridized carbons (Fsp3) is 0.760. The van der Waals surface area contributed by atoms with Crippen molar-refractivity contribution in [2.45, 2.75) is 58.5 Å². The minimum absolute atomic E-state index is 0.0548. The molecule has 0 aromatic rings. The molecular formula is C25H33NO7. The number of hydrogen-bond acceptors (Lipinski definition) is 7. The van der Waals surface area contributed by atoms with Crippen molar-refractivity contribution in [1.82, 2.24) is 4.90 Å². The number of amides is 1. The van der Waals surface area contributed by atoms with Gasteiger partial charge in [-0.15, -0.1) is 0 Å². The summed E-state index contributed by atoms with van der Waals surface area (Å²) in [6.07, 6.45) is 2.10. The van der Waals surface area contributed by atoms with Gasteiger partial charge < -0.3 is 19.5 Å². The fourth-order valence-corrected chi connectivity index (χ4v) is 7.95. The molecule has 0 radical (unpaired) electrons. The molecule has 1 spiro atoms. The lowest BCUT2D eigenvalue weighted by Gasteiger charge is -2.61. The Bertz CT molecular complexity index is 956. The second-order valence-electron chi connectivity index (χ2n) is 10.8. The van der Waals surface area contributed by atoms with E-state index in [0.717, 1.165) is 11.1 Å². The molecule has 8 heteroatoms. The SMILES string of the molecule is COC(=O)C1CC23C(=O)N4CC(C)C(O)CCC2(COC(C)=O)C(CC2=C3C1CCC2=O)C4. The van der Waals surface area contributed by atoms with Crippen molar-refractivity contribution >= 4 is 23.6 Å². The van der Waals surface area contributed by atoms with Gasteiger partial charge in [-0.2, -0.15) is 0 Å². The molecule has 6 rings (SSSR count). The molecule has 180 valence electrons. The van der Waals surface area contributed by atoms with Crippen molar-refractivity contribution in [3.8, 4) is 0 Å². The van der Waals surface area contributed by atoms with Gasteiger partial charge in [0.25, 0.3) is 0 Å². The molecule has 7 unspecified atom stereocenters. The average Bonchev–Trinajstić information content (AvgIpc) is 3.16. The van der Waals surface area contributed by atoms with E-state index in [1.807, 2.05) is 11.8 Å². The molecule has 3 heterocycles. The Hall–Kier alpha value is -2.22. The fourth-order valence-electron chi connectivity index (χ4n) is 7.95. The molecule has 0 aromatic heterocycles. The first kappa shape index (κ1) is 22.6. The molecule has 1 amide bonds. The van der Waals surface area contributed by atoms with Gasteiger partial charge in [0, 0.05) is 31.8 Å². The maximum absolute atomic E-state index is 14.4. The number of fused-ring (bicyclic) bond motifs is 4. The number of hydrogen-bond donors (Lipinski definition) is 1. The van der Waals surface area contributed by atoms with Crippen LogP contribution in [0.4, 0.5) is 0 Å². The van der Waals surface area contributed by atoms with Crippen LogP contribution in [-0.2, 0) is 28.7 Å². The van der Waals surface area contributed by atoms with E-state index in [1.165, 1.54) is 14.0 Å². The van der Waals surface area contributed by atoms with Gasteiger partial charge in [0.15, 0.2) is 5.78 Å². The Morgan fingerprint density at radius 3 is 2.67 bits per heavy atom.